The average molecular weight is 1000 g/mol. The molecular weight excluding hydrogens is 943 g/mol. The summed E-state index contributed by atoms with van der Waals surface area (Å²) >= 11 is 0. The number of aryl methyl sites for hydroxylation is 4. The van der Waals surface area contributed by atoms with E-state index in [-0.39, 0.29) is 59.2 Å². The van der Waals surface area contributed by atoms with Gasteiger partial charge in [-0.3, -0.25) is 52.3 Å². The minimum absolute atomic E-state index is 0.129. The first-order valence-corrected chi connectivity index (χ1v) is 25.3. The molecule has 9 aromatic rings. The normalized spacial score (nSPS) is 17.1. The molecule has 18 nitrogen and oxygen atoms in total. The number of pyridine rings is 6. The Bertz CT molecular complexity index is 4280. The third kappa shape index (κ3) is 7.16. The van der Waals surface area contributed by atoms with E-state index in [4.69, 9.17) is 14.2 Å². The summed E-state index contributed by atoms with van der Waals surface area (Å²) in [5, 5.41) is 8.16. The highest BCUT2D eigenvalue weighted by Gasteiger charge is 2.33. The predicted octanol–water partition coefficient (Wildman–Crippen LogP) is 4.75. The highest BCUT2D eigenvalue weighted by atomic mass is 16.5. The number of hydrogen-bond acceptors (Lipinski definition) is 12. The number of likely N-dealkylation sites (N-methyl/N-ethyl adjacent to an activating group) is 3. The smallest absolute Gasteiger partial charge is 0.251 e. The lowest BCUT2D eigenvalue weighted by atomic mass is 10.0. The molecule has 3 aromatic carbocycles. The molecule has 0 radical (unpaired) electrons. The van der Waals surface area contributed by atoms with Gasteiger partial charge in [-0.15, -0.1) is 0 Å². The topological polar surface area (TPSA) is 178 Å². The first-order chi connectivity index (χ1) is 35.7. The van der Waals surface area contributed by atoms with Crippen LogP contribution in [0.3, 0.4) is 0 Å². The zero-order valence-electron chi connectivity index (χ0n) is 42.5. The van der Waals surface area contributed by atoms with Gasteiger partial charge in [-0.05, 0) is 95.0 Å². The number of hydrogen-bond donors (Lipinski definition) is 1. The molecule has 3 atom stereocenters. The van der Waals surface area contributed by atoms with E-state index in [9.17, 15) is 28.8 Å². The fourth-order valence-electron chi connectivity index (χ4n) is 12.4. The summed E-state index contributed by atoms with van der Waals surface area (Å²) in [6.45, 7) is 9.17. The first kappa shape index (κ1) is 47.2. The molecule has 6 aromatic heterocycles. The highest BCUT2D eigenvalue weighted by Crippen LogP contribution is 2.43. The van der Waals surface area contributed by atoms with E-state index in [1.807, 2.05) is 66.2 Å². The van der Waals surface area contributed by atoms with Gasteiger partial charge in [0.2, 0.25) is 0 Å². The van der Waals surface area contributed by atoms with E-state index in [0.717, 1.165) is 49.0 Å². The summed E-state index contributed by atoms with van der Waals surface area (Å²) in [7, 11) is 7.45. The SMILES string of the molecule is CCn1c(=O)ccc2cc3c(CN(C)CC4COc5c6c(ccc(=O)n6C)cc6c(CN(C)CC7COc8c9c(cc%10ccc(=O)n7c8%10)c(C)cc(=O)n9CC)cc(=O)n4c56)cc(=O)n4c3c(c21)OCC4CNC. The van der Waals surface area contributed by atoms with Crippen LogP contribution in [0.5, 0.6) is 17.2 Å². The van der Waals surface area contributed by atoms with Crippen molar-refractivity contribution in [1.82, 2.24) is 42.5 Å². The second kappa shape index (κ2) is 17.7. The Morgan fingerprint density at radius 3 is 1.55 bits per heavy atom. The zero-order chi connectivity index (χ0) is 51.6. The van der Waals surface area contributed by atoms with Crippen molar-refractivity contribution in [3.8, 4) is 17.2 Å². The van der Waals surface area contributed by atoms with Crippen molar-refractivity contribution < 1.29 is 14.2 Å². The monoisotopic (exact) mass is 999 g/mol. The highest BCUT2D eigenvalue weighted by molar-refractivity contribution is 6.06. The van der Waals surface area contributed by atoms with Gasteiger partial charge in [0.25, 0.3) is 33.4 Å². The minimum Gasteiger partial charge on any atom is -0.487 e. The van der Waals surface area contributed by atoms with Crippen molar-refractivity contribution in [2.75, 3.05) is 60.6 Å². The van der Waals surface area contributed by atoms with Crippen LogP contribution in [0.4, 0.5) is 0 Å². The Balaban J connectivity index is 0.911. The molecule has 0 aliphatic carbocycles. The largest absolute Gasteiger partial charge is 0.487 e. The van der Waals surface area contributed by atoms with Gasteiger partial charge in [0.1, 0.15) is 19.8 Å². The molecule has 0 fully saturated rings. The molecule has 18 heteroatoms. The maximum Gasteiger partial charge on any atom is 0.251 e. The van der Waals surface area contributed by atoms with Crippen molar-refractivity contribution in [3.63, 3.8) is 0 Å². The van der Waals surface area contributed by atoms with Gasteiger partial charge in [0, 0.05) is 122 Å². The van der Waals surface area contributed by atoms with E-state index >= 15 is 0 Å². The molecule has 0 saturated carbocycles. The van der Waals surface area contributed by atoms with Crippen LogP contribution < -0.4 is 52.9 Å². The fourth-order valence-corrected chi connectivity index (χ4v) is 12.4. The van der Waals surface area contributed by atoms with Gasteiger partial charge in [0.05, 0.1) is 51.2 Å². The van der Waals surface area contributed by atoms with Crippen LogP contribution >= 0.6 is 0 Å². The van der Waals surface area contributed by atoms with Crippen molar-refractivity contribution in [1.29, 1.82) is 0 Å². The van der Waals surface area contributed by atoms with Crippen LogP contribution in [-0.2, 0) is 33.2 Å². The number of nitrogens with zero attached hydrogens (tertiary/aromatic N) is 8. The van der Waals surface area contributed by atoms with Crippen LogP contribution in [0.15, 0.2) is 102 Å². The Morgan fingerprint density at radius 2 is 0.973 bits per heavy atom. The van der Waals surface area contributed by atoms with Gasteiger partial charge in [-0.2, -0.15) is 0 Å². The molecule has 0 amide bonds. The summed E-state index contributed by atoms with van der Waals surface area (Å²) < 4.78 is 30.1. The molecule has 3 aliphatic heterocycles. The number of ether oxygens (including phenoxy) is 3. The summed E-state index contributed by atoms with van der Waals surface area (Å²) in [6, 6.07) is 20.0. The van der Waals surface area contributed by atoms with E-state index in [1.165, 1.54) is 6.07 Å². The lowest BCUT2D eigenvalue weighted by Crippen LogP contribution is -2.40. The maximum absolute atomic E-state index is 14.8. The molecule has 380 valence electrons. The lowest BCUT2D eigenvalue weighted by molar-refractivity contribution is 0.181. The number of rotatable bonds is 12. The van der Waals surface area contributed by atoms with Gasteiger partial charge >= 0.3 is 0 Å². The molecule has 3 aliphatic rings. The van der Waals surface area contributed by atoms with E-state index in [2.05, 4.69) is 15.1 Å². The average Bonchev–Trinajstić information content (AvgIpc) is 3.37. The van der Waals surface area contributed by atoms with Crippen LogP contribution in [0, 0.1) is 6.92 Å². The number of nitrogens with one attached hydrogen (secondary N) is 1. The second-order valence-electron chi connectivity index (χ2n) is 20.3. The maximum atomic E-state index is 14.8. The quantitative estimate of drug-likeness (QED) is 0.167. The molecule has 0 spiro atoms. The number of benzene rings is 3. The molecule has 74 heavy (non-hydrogen) atoms. The second-order valence-corrected chi connectivity index (χ2v) is 20.3. The van der Waals surface area contributed by atoms with Gasteiger partial charge in [0.15, 0.2) is 17.2 Å². The summed E-state index contributed by atoms with van der Waals surface area (Å²) in [5.74, 6) is 1.49. The predicted molar refractivity (Wildman–Crippen MR) is 287 cm³/mol. The molecule has 12 rings (SSSR count). The summed E-state index contributed by atoms with van der Waals surface area (Å²) in [5.41, 5.74) is 5.09. The summed E-state index contributed by atoms with van der Waals surface area (Å²) in [4.78, 5) is 86.6. The Labute approximate surface area is 422 Å². The fraction of sp³-hybridized carbons (Fsp3) is 0.357. The zero-order valence-corrected chi connectivity index (χ0v) is 42.5. The third-order valence-corrected chi connectivity index (χ3v) is 15.6. The summed E-state index contributed by atoms with van der Waals surface area (Å²) in [6.07, 6.45) is 0. The van der Waals surface area contributed by atoms with Crippen molar-refractivity contribution >= 4 is 65.4 Å². The standard InChI is InChI=1S/C56H57N9O9/c1-8-61-43(67)14-11-32-19-41-34(20-46(70)63-36(22-57-4)27-72-55(49(32)61)53(41)63)23-59(6)26-38-29-73-54-48-31(10-13-42(66)60(48)7)18-40-35(21-47(71)65(38)52(40)54)24-58(5)25-37-28-74-56-50-33(12-15-44(68)64(37)50)17-39-30(3)16-45(69)62(9-2)51(39)56/h10-21,36-38,57H,8-9,22-29H2,1-7H3. The Morgan fingerprint density at radius 1 is 0.514 bits per heavy atom. The van der Waals surface area contributed by atoms with Crippen LogP contribution in [0.25, 0.3) is 65.4 Å². The molecular formula is C56H57N9O9. The van der Waals surface area contributed by atoms with Crippen LogP contribution in [-0.4, -0.2) is 97.8 Å². The van der Waals surface area contributed by atoms with Crippen molar-refractivity contribution in [3.05, 3.63) is 152 Å². The molecule has 9 heterocycles. The number of aromatic nitrogens is 6. The molecule has 0 saturated heterocycles. The molecule has 3 unspecified atom stereocenters. The number of fused-ring (bicyclic) bond motifs is 6. The van der Waals surface area contributed by atoms with E-state index in [1.54, 1.807) is 76.9 Å². The van der Waals surface area contributed by atoms with Gasteiger partial charge in [-0.25, -0.2) is 0 Å². The van der Waals surface area contributed by atoms with E-state index < -0.39 is 12.1 Å². The third-order valence-electron chi connectivity index (χ3n) is 15.6. The van der Waals surface area contributed by atoms with Crippen LogP contribution in [0.2, 0.25) is 0 Å². The van der Waals surface area contributed by atoms with Crippen molar-refractivity contribution in [2.24, 2.45) is 7.05 Å². The van der Waals surface area contributed by atoms with Gasteiger partial charge in [-0.1, -0.05) is 0 Å². The first-order valence-electron chi connectivity index (χ1n) is 25.3. The lowest BCUT2D eigenvalue weighted by Gasteiger charge is -2.34. The minimum atomic E-state index is -0.465. The Hall–Kier alpha value is -7.80. The van der Waals surface area contributed by atoms with E-state index in [0.29, 0.717) is 96.2 Å². The Kier molecular flexibility index (Phi) is 11.3. The van der Waals surface area contributed by atoms with Crippen LogP contribution in [0.1, 0.15) is 48.7 Å². The van der Waals surface area contributed by atoms with Crippen molar-refractivity contribution in [2.45, 2.75) is 65.1 Å². The molecule has 1 N–H and O–H groups in total. The molecule has 0 bridgehead atoms. The van der Waals surface area contributed by atoms with Gasteiger partial charge < -0.3 is 33.2 Å².